The van der Waals surface area contributed by atoms with Gasteiger partial charge in [0, 0.05) is 0 Å². The van der Waals surface area contributed by atoms with Gasteiger partial charge in [-0.15, -0.1) is 0 Å². The van der Waals surface area contributed by atoms with Crippen molar-refractivity contribution in [3.8, 4) is 0 Å². The van der Waals surface area contributed by atoms with E-state index in [0.717, 1.165) is 32.1 Å². The fourth-order valence-corrected chi connectivity index (χ4v) is 1.96. The van der Waals surface area contributed by atoms with E-state index in [0.29, 0.717) is 0 Å². The molecule has 0 aliphatic carbocycles. The van der Waals surface area contributed by atoms with Gasteiger partial charge in [-0.05, 0) is 66.2 Å². The van der Waals surface area contributed by atoms with Gasteiger partial charge in [0.25, 0.3) is 0 Å². The maximum atomic E-state index is 8.62. The van der Waals surface area contributed by atoms with E-state index in [1.165, 1.54) is 23.1 Å². The van der Waals surface area contributed by atoms with Crippen LogP contribution in [-0.2, 0) is 0 Å². The fourth-order valence-electron chi connectivity index (χ4n) is 1.96. The van der Waals surface area contributed by atoms with Crippen molar-refractivity contribution in [3.05, 3.63) is 47.1 Å². The zero-order chi connectivity index (χ0) is 15.2. The standard InChI is InChI=1S/C19H32O/c1-17(2)11-9-13-19(4)15-10-14-18(3)12-7-5-6-8-16-20/h6,8,11-12,15,20H,5,7,9-10,13-14,16H2,1-4H3/b8-6+,18-12+,19-15+. The molecule has 0 atom stereocenters. The summed E-state index contributed by atoms with van der Waals surface area (Å²) in [6, 6.07) is 0. The maximum absolute atomic E-state index is 8.62. The Morgan fingerprint density at radius 3 is 1.80 bits per heavy atom. The van der Waals surface area contributed by atoms with Crippen LogP contribution in [-0.4, -0.2) is 11.7 Å². The molecule has 1 N–H and O–H groups in total. The van der Waals surface area contributed by atoms with E-state index in [4.69, 9.17) is 5.11 Å². The third kappa shape index (κ3) is 13.4. The van der Waals surface area contributed by atoms with Gasteiger partial charge in [-0.3, -0.25) is 0 Å². The van der Waals surface area contributed by atoms with Crippen LogP contribution >= 0.6 is 0 Å². The lowest BCUT2D eigenvalue weighted by Crippen LogP contribution is -1.81. The fraction of sp³-hybridized carbons (Fsp3) is 0.579. The van der Waals surface area contributed by atoms with Crippen LogP contribution in [0.1, 0.15) is 66.2 Å². The van der Waals surface area contributed by atoms with Gasteiger partial charge in [0.15, 0.2) is 0 Å². The number of aliphatic hydroxyl groups excluding tert-OH is 1. The lowest BCUT2D eigenvalue weighted by molar-refractivity contribution is 0.342. The first-order valence-electron chi connectivity index (χ1n) is 7.76. The van der Waals surface area contributed by atoms with Gasteiger partial charge in [0.05, 0.1) is 6.61 Å². The monoisotopic (exact) mass is 276 g/mol. The van der Waals surface area contributed by atoms with E-state index in [1.807, 2.05) is 12.2 Å². The van der Waals surface area contributed by atoms with Crippen LogP contribution in [0.4, 0.5) is 0 Å². The smallest absolute Gasteiger partial charge is 0.0612 e. The Hall–Kier alpha value is -1.08. The summed E-state index contributed by atoms with van der Waals surface area (Å²) in [6.07, 6.45) is 17.6. The average molecular weight is 276 g/mol. The SMILES string of the molecule is CC(C)=CCC/C(C)=C/CC/C(C)=C/CC/C=C/CO. The molecule has 0 aromatic rings. The molecular weight excluding hydrogens is 244 g/mol. The molecule has 0 aliphatic rings. The van der Waals surface area contributed by atoms with Crippen molar-refractivity contribution in [1.82, 2.24) is 0 Å². The van der Waals surface area contributed by atoms with Gasteiger partial charge in [-0.1, -0.05) is 47.1 Å². The normalized spacial score (nSPS) is 13.1. The second-order valence-corrected chi connectivity index (χ2v) is 5.69. The molecule has 0 aromatic carbocycles. The Morgan fingerprint density at radius 1 is 0.700 bits per heavy atom. The van der Waals surface area contributed by atoms with Gasteiger partial charge in [0.2, 0.25) is 0 Å². The first-order chi connectivity index (χ1) is 9.56. The highest BCUT2D eigenvalue weighted by Crippen LogP contribution is 2.12. The number of aliphatic hydroxyl groups is 1. The summed E-state index contributed by atoms with van der Waals surface area (Å²) >= 11 is 0. The van der Waals surface area contributed by atoms with Gasteiger partial charge < -0.3 is 5.11 Å². The van der Waals surface area contributed by atoms with Gasteiger partial charge in [0.1, 0.15) is 0 Å². The van der Waals surface area contributed by atoms with E-state index >= 15 is 0 Å². The minimum absolute atomic E-state index is 0.152. The summed E-state index contributed by atoms with van der Waals surface area (Å²) in [5, 5.41) is 8.62. The van der Waals surface area contributed by atoms with E-state index < -0.39 is 0 Å². The minimum Gasteiger partial charge on any atom is -0.392 e. The Labute approximate surface area is 125 Å². The highest BCUT2D eigenvalue weighted by Gasteiger charge is 1.91. The second kappa shape index (κ2) is 12.9. The molecule has 0 bridgehead atoms. The molecule has 0 spiro atoms. The van der Waals surface area contributed by atoms with E-state index in [9.17, 15) is 0 Å². The average Bonchev–Trinajstić information content (AvgIpc) is 2.38. The van der Waals surface area contributed by atoms with Crippen LogP contribution in [0.3, 0.4) is 0 Å². The molecule has 0 amide bonds. The Kier molecular flexibility index (Phi) is 12.2. The lowest BCUT2D eigenvalue weighted by atomic mass is 10.1. The number of allylic oxidation sites excluding steroid dienone is 7. The quantitative estimate of drug-likeness (QED) is 0.399. The molecule has 0 fully saturated rings. The topological polar surface area (TPSA) is 20.2 Å². The molecule has 1 nitrogen and oxygen atoms in total. The third-order valence-corrected chi connectivity index (χ3v) is 3.22. The van der Waals surface area contributed by atoms with Crippen LogP contribution < -0.4 is 0 Å². The first kappa shape index (κ1) is 18.9. The summed E-state index contributed by atoms with van der Waals surface area (Å²) in [5.74, 6) is 0. The van der Waals surface area contributed by atoms with E-state index in [1.54, 1.807) is 0 Å². The highest BCUT2D eigenvalue weighted by atomic mass is 16.2. The molecular formula is C19H32O. The van der Waals surface area contributed by atoms with Gasteiger partial charge >= 0.3 is 0 Å². The summed E-state index contributed by atoms with van der Waals surface area (Å²) in [4.78, 5) is 0. The molecule has 0 saturated heterocycles. The van der Waals surface area contributed by atoms with E-state index in [2.05, 4.69) is 45.9 Å². The lowest BCUT2D eigenvalue weighted by Gasteiger charge is -2.01. The van der Waals surface area contributed by atoms with Crippen LogP contribution in [0.5, 0.6) is 0 Å². The van der Waals surface area contributed by atoms with Crippen LogP contribution in [0.25, 0.3) is 0 Å². The van der Waals surface area contributed by atoms with Crippen molar-refractivity contribution in [2.75, 3.05) is 6.61 Å². The number of hydrogen-bond donors (Lipinski definition) is 1. The zero-order valence-electron chi connectivity index (χ0n) is 13.8. The molecule has 0 radical (unpaired) electrons. The number of hydrogen-bond acceptors (Lipinski definition) is 1. The molecule has 0 unspecified atom stereocenters. The third-order valence-electron chi connectivity index (χ3n) is 3.22. The van der Waals surface area contributed by atoms with Crippen molar-refractivity contribution in [1.29, 1.82) is 0 Å². The summed E-state index contributed by atoms with van der Waals surface area (Å²) in [7, 11) is 0. The van der Waals surface area contributed by atoms with Crippen molar-refractivity contribution in [2.24, 2.45) is 0 Å². The largest absolute Gasteiger partial charge is 0.392 e. The second-order valence-electron chi connectivity index (χ2n) is 5.69. The Morgan fingerprint density at radius 2 is 1.25 bits per heavy atom. The number of unbranched alkanes of at least 4 members (excludes halogenated alkanes) is 1. The summed E-state index contributed by atoms with van der Waals surface area (Å²) < 4.78 is 0. The molecule has 0 aromatic heterocycles. The minimum atomic E-state index is 0.152. The predicted molar refractivity (Wildman–Crippen MR) is 90.9 cm³/mol. The van der Waals surface area contributed by atoms with Crippen LogP contribution in [0.15, 0.2) is 47.1 Å². The predicted octanol–water partition coefficient (Wildman–Crippen LogP) is 5.73. The molecule has 1 heteroatoms. The van der Waals surface area contributed by atoms with Crippen molar-refractivity contribution in [2.45, 2.75) is 66.2 Å². The highest BCUT2D eigenvalue weighted by molar-refractivity contribution is 5.05. The maximum Gasteiger partial charge on any atom is 0.0612 e. The molecule has 0 saturated carbocycles. The van der Waals surface area contributed by atoms with Crippen molar-refractivity contribution in [3.63, 3.8) is 0 Å². The van der Waals surface area contributed by atoms with E-state index in [-0.39, 0.29) is 6.61 Å². The Bertz CT molecular complexity index is 352. The van der Waals surface area contributed by atoms with Gasteiger partial charge in [-0.25, -0.2) is 0 Å². The Balaban J connectivity index is 3.82. The molecule has 0 aliphatic heterocycles. The van der Waals surface area contributed by atoms with Gasteiger partial charge in [-0.2, -0.15) is 0 Å². The first-order valence-corrected chi connectivity index (χ1v) is 7.76. The summed E-state index contributed by atoms with van der Waals surface area (Å²) in [6.45, 7) is 8.91. The van der Waals surface area contributed by atoms with Crippen molar-refractivity contribution >= 4 is 0 Å². The van der Waals surface area contributed by atoms with Crippen molar-refractivity contribution < 1.29 is 5.11 Å². The van der Waals surface area contributed by atoms with Crippen LogP contribution in [0, 0.1) is 0 Å². The number of rotatable bonds is 10. The molecule has 0 heterocycles. The molecule has 20 heavy (non-hydrogen) atoms. The molecule has 114 valence electrons. The zero-order valence-corrected chi connectivity index (χ0v) is 13.8. The van der Waals surface area contributed by atoms with Crippen LogP contribution in [0.2, 0.25) is 0 Å². The summed E-state index contributed by atoms with van der Waals surface area (Å²) in [5.41, 5.74) is 4.38. The molecule has 0 rings (SSSR count).